The summed E-state index contributed by atoms with van der Waals surface area (Å²) in [5.41, 5.74) is 4.12. The topological polar surface area (TPSA) is 168 Å². The van der Waals surface area contributed by atoms with Crippen LogP contribution in [0.4, 0.5) is 24.5 Å². The second kappa shape index (κ2) is 17.0. The van der Waals surface area contributed by atoms with Crippen molar-refractivity contribution in [1.29, 1.82) is 0 Å². The number of ketones is 1. The minimum Gasteiger partial charge on any atom is -0.371 e. The van der Waals surface area contributed by atoms with Crippen LogP contribution in [0.5, 0.6) is 0 Å². The van der Waals surface area contributed by atoms with Crippen LogP contribution in [-0.4, -0.2) is 114 Å². The number of anilines is 2. The third-order valence-corrected chi connectivity index (χ3v) is 15.4. The number of aromatic nitrogens is 2. The summed E-state index contributed by atoms with van der Waals surface area (Å²) in [7, 11) is -4.36. The van der Waals surface area contributed by atoms with E-state index in [0.29, 0.717) is 47.1 Å². The Morgan fingerprint density at radius 2 is 1.62 bits per heavy atom. The molecule has 5 aliphatic rings. The number of piperidine rings is 3. The highest BCUT2D eigenvalue weighted by Gasteiger charge is 2.40. The van der Waals surface area contributed by atoms with Gasteiger partial charge in [0.15, 0.2) is 5.82 Å². The average molecular weight is 909 g/mol. The molecule has 4 fully saturated rings. The van der Waals surface area contributed by atoms with E-state index in [1.807, 2.05) is 22.9 Å². The summed E-state index contributed by atoms with van der Waals surface area (Å²) in [6.07, 6.45) is 6.31. The van der Waals surface area contributed by atoms with Crippen molar-refractivity contribution < 1.29 is 40.8 Å². The lowest BCUT2D eigenvalue weighted by molar-refractivity contribution is -0.136. The Morgan fingerprint density at radius 3 is 2.34 bits per heavy atom. The number of fused-ring (bicyclic) bond motifs is 2. The van der Waals surface area contributed by atoms with Crippen molar-refractivity contribution in [2.45, 2.75) is 75.7 Å². The monoisotopic (exact) mass is 908 g/mol. The number of H-pyrrole nitrogens is 1. The molecule has 1 unspecified atom stereocenters. The number of carbonyl (C=O) groups excluding carboxylic acids is 4. The highest BCUT2D eigenvalue weighted by molar-refractivity contribution is 7.90. The molecule has 0 radical (unpaired) electrons. The molecule has 2 atom stereocenters. The molecule has 3 N–H and O–H groups in total. The Bertz CT molecular complexity index is 2840. The van der Waals surface area contributed by atoms with E-state index < -0.39 is 57.0 Å². The number of aromatic amines is 1. The van der Waals surface area contributed by atoms with E-state index in [4.69, 9.17) is 0 Å². The number of pyridine rings is 1. The summed E-state index contributed by atoms with van der Waals surface area (Å²) < 4.78 is 73.1. The zero-order valence-electron chi connectivity index (χ0n) is 35.4. The predicted octanol–water partition coefficient (Wildman–Crippen LogP) is 6.05. The summed E-state index contributed by atoms with van der Waals surface area (Å²) in [6.45, 7) is 3.70. The maximum atomic E-state index is 15.8. The molecule has 0 saturated carbocycles. The third kappa shape index (κ3) is 8.16. The van der Waals surface area contributed by atoms with Crippen molar-refractivity contribution in [2.24, 2.45) is 0 Å². The Kier molecular flexibility index (Phi) is 11.2. The Hall–Kier alpha value is -6.11. The number of imide groups is 1. The fourth-order valence-electron chi connectivity index (χ4n) is 10.2. The number of likely N-dealkylation sites (tertiary alicyclic amines) is 1. The third-order valence-electron chi connectivity index (χ3n) is 13.9. The fraction of sp³-hybridized carbons (Fsp3) is 0.383. The molecule has 3 aromatic carbocycles. The lowest BCUT2D eigenvalue weighted by Gasteiger charge is -2.42. The van der Waals surface area contributed by atoms with E-state index in [2.05, 4.69) is 49.4 Å². The van der Waals surface area contributed by atoms with Crippen LogP contribution in [0.2, 0.25) is 0 Å². The molecule has 338 valence electrons. The van der Waals surface area contributed by atoms with Crippen molar-refractivity contribution in [3.63, 3.8) is 0 Å². The molecular formula is C47H47F3N8O6S. The van der Waals surface area contributed by atoms with E-state index in [0.717, 1.165) is 85.1 Å². The van der Waals surface area contributed by atoms with Crippen LogP contribution >= 0.6 is 0 Å². The fourth-order valence-corrected chi connectivity index (χ4v) is 11.5. The molecule has 18 heteroatoms. The summed E-state index contributed by atoms with van der Waals surface area (Å²) in [4.78, 5) is 65.0. The molecule has 4 saturated heterocycles. The molecular weight excluding hydrogens is 862 g/mol. The van der Waals surface area contributed by atoms with Crippen LogP contribution in [0.3, 0.4) is 0 Å². The maximum absolute atomic E-state index is 15.8. The molecule has 5 aromatic rings. The summed E-state index contributed by atoms with van der Waals surface area (Å²) in [5, 5.41) is 2.70. The standard InChI is InChI=1S/C47H47F3N8O6S/c48-32-13-20-57(26-32)65(63,64)54-39-8-7-38(49)42(43(39)50)44(60)37-24-52-45-36(37)22-30(23-51-45)27-1-4-33(5-2-27)56-18-14-34(15-19-56)55-16-11-28(12-17-55)29-3-6-35-31(21-29)25-58(47(35)62)40-9-10-41(59)53-46(40)61/h1-8,21-24,28,32,34,40,54H,9-20,25-26H2,(H,51,52)(H,53,59,61)/t32-,40?/m1/s1. The van der Waals surface area contributed by atoms with Gasteiger partial charge in [0.05, 0.1) is 11.3 Å². The van der Waals surface area contributed by atoms with E-state index in [-0.39, 0.29) is 43.3 Å². The van der Waals surface area contributed by atoms with Gasteiger partial charge in [-0.25, -0.2) is 18.2 Å². The zero-order valence-corrected chi connectivity index (χ0v) is 36.2. The van der Waals surface area contributed by atoms with Gasteiger partial charge in [0.1, 0.15) is 23.7 Å². The zero-order chi connectivity index (χ0) is 45.1. The molecule has 3 amide bonds. The molecule has 65 heavy (non-hydrogen) atoms. The van der Waals surface area contributed by atoms with Crippen LogP contribution < -0.4 is 14.9 Å². The molecule has 7 heterocycles. The van der Waals surface area contributed by atoms with Crippen molar-refractivity contribution >= 4 is 56.1 Å². The highest BCUT2D eigenvalue weighted by atomic mass is 32.2. The number of nitrogens with one attached hydrogen (secondary N) is 3. The van der Waals surface area contributed by atoms with Crippen molar-refractivity contribution in [2.75, 3.05) is 48.9 Å². The van der Waals surface area contributed by atoms with E-state index in [9.17, 15) is 32.0 Å². The molecule has 0 bridgehead atoms. The number of nitrogens with zero attached hydrogens (tertiary/aromatic N) is 5. The Balaban J connectivity index is 0.750. The number of rotatable bonds is 10. The summed E-state index contributed by atoms with van der Waals surface area (Å²) in [5.74, 6) is -4.01. The molecule has 0 spiro atoms. The van der Waals surface area contributed by atoms with Gasteiger partial charge in [-0.05, 0) is 111 Å². The second-order valence-electron chi connectivity index (χ2n) is 17.7. The van der Waals surface area contributed by atoms with Crippen LogP contribution in [0.15, 0.2) is 73.1 Å². The van der Waals surface area contributed by atoms with Gasteiger partial charge in [0, 0.05) is 85.3 Å². The summed E-state index contributed by atoms with van der Waals surface area (Å²) >= 11 is 0. The molecule has 14 nitrogen and oxygen atoms in total. The Morgan fingerprint density at radius 1 is 0.846 bits per heavy atom. The largest absolute Gasteiger partial charge is 0.371 e. The number of amides is 3. The van der Waals surface area contributed by atoms with E-state index >= 15 is 8.78 Å². The molecule has 2 aromatic heterocycles. The molecule has 0 aliphatic carbocycles. The van der Waals surface area contributed by atoms with Crippen molar-refractivity contribution in [3.05, 3.63) is 113 Å². The summed E-state index contributed by atoms with van der Waals surface area (Å²) in [6, 6.07) is 17.4. The highest BCUT2D eigenvalue weighted by Crippen LogP contribution is 2.36. The van der Waals surface area contributed by atoms with Crippen molar-refractivity contribution in [3.8, 4) is 11.1 Å². The van der Waals surface area contributed by atoms with Gasteiger partial charge in [-0.1, -0.05) is 24.3 Å². The maximum Gasteiger partial charge on any atom is 0.301 e. The molecule has 5 aliphatic heterocycles. The first-order valence-corrected chi connectivity index (χ1v) is 23.5. The number of hydrogen-bond donors (Lipinski definition) is 3. The minimum absolute atomic E-state index is 0.00342. The Labute approximate surface area is 373 Å². The van der Waals surface area contributed by atoms with Gasteiger partial charge in [-0.2, -0.15) is 12.7 Å². The second-order valence-corrected chi connectivity index (χ2v) is 19.3. The van der Waals surface area contributed by atoms with Crippen LogP contribution in [0, 0.1) is 11.6 Å². The number of hydrogen-bond acceptors (Lipinski definition) is 9. The van der Waals surface area contributed by atoms with Gasteiger partial charge < -0.3 is 19.7 Å². The molecule has 10 rings (SSSR count). The first kappa shape index (κ1) is 42.8. The van der Waals surface area contributed by atoms with Crippen LogP contribution in [0.25, 0.3) is 22.2 Å². The lowest BCUT2D eigenvalue weighted by atomic mass is 9.86. The van der Waals surface area contributed by atoms with Gasteiger partial charge >= 0.3 is 10.2 Å². The number of halogens is 3. The minimum atomic E-state index is -4.36. The van der Waals surface area contributed by atoms with Gasteiger partial charge in [0.2, 0.25) is 17.6 Å². The van der Waals surface area contributed by atoms with Crippen molar-refractivity contribution in [1.82, 2.24) is 29.4 Å². The first-order valence-electron chi connectivity index (χ1n) is 22.1. The average Bonchev–Trinajstić information content (AvgIpc) is 4.04. The number of benzene rings is 3. The smallest absolute Gasteiger partial charge is 0.301 e. The van der Waals surface area contributed by atoms with Gasteiger partial charge in [-0.3, -0.25) is 29.2 Å². The normalized spacial score (nSPS) is 21.6. The van der Waals surface area contributed by atoms with Crippen LogP contribution in [-0.2, 0) is 26.3 Å². The van der Waals surface area contributed by atoms with Crippen LogP contribution in [0.1, 0.15) is 88.3 Å². The first-order chi connectivity index (χ1) is 31.3. The SMILES string of the molecule is O=C1CCC(N2Cc3cc(C4CCN(C5CCN(c6ccc(-c7cnc8[nH]cc(C(=O)c9c(F)ccc(NS(=O)(=O)N%10CC[C@@H](F)C%10)c9F)c8c7)cc6)CC5)CC4)ccc3C2=O)C(=O)N1. The number of carbonyl (C=O) groups is 4. The van der Waals surface area contributed by atoms with Gasteiger partial charge in [0.25, 0.3) is 5.91 Å². The predicted molar refractivity (Wildman–Crippen MR) is 236 cm³/mol. The lowest BCUT2D eigenvalue weighted by Crippen LogP contribution is -2.52. The van der Waals surface area contributed by atoms with E-state index in [1.165, 1.54) is 11.8 Å². The van der Waals surface area contributed by atoms with Gasteiger partial charge in [-0.15, -0.1) is 0 Å². The number of alkyl halides is 1. The quantitative estimate of drug-likeness (QED) is 0.112. The van der Waals surface area contributed by atoms with E-state index in [1.54, 1.807) is 17.2 Å².